The normalized spacial score (nSPS) is 12.7. The fourth-order valence-corrected chi connectivity index (χ4v) is 3.81. The molecule has 0 atom stereocenters. The minimum atomic E-state index is -0.0656. The van der Waals surface area contributed by atoms with E-state index in [0.717, 1.165) is 28.8 Å². The molecule has 4 rings (SSSR count). The van der Waals surface area contributed by atoms with Crippen LogP contribution in [-0.4, -0.2) is 38.8 Å². The van der Waals surface area contributed by atoms with Gasteiger partial charge in [-0.2, -0.15) is 0 Å². The Kier molecular flexibility index (Phi) is 5.89. The van der Waals surface area contributed by atoms with Crippen molar-refractivity contribution in [3.63, 3.8) is 0 Å². The molecule has 2 aromatic carbocycles. The summed E-state index contributed by atoms with van der Waals surface area (Å²) in [4.78, 5) is 18.8. The van der Waals surface area contributed by atoms with Crippen molar-refractivity contribution in [2.24, 2.45) is 0 Å². The summed E-state index contributed by atoms with van der Waals surface area (Å²) in [6.45, 7) is 0.660. The van der Waals surface area contributed by atoms with Gasteiger partial charge in [0.1, 0.15) is 0 Å². The Morgan fingerprint density at radius 2 is 1.65 bits per heavy atom. The average Bonchev–Trinajstić information content (AvgIpc) is 3.25. The number of aromatic nitrogens is 1. The molecule has 1 amide bonds. The van der Waals surface area contributed by atoms with Crippen LogP contribution < -0.4 is 19.1 Å². The molecule has 0 bridgehead atoms. The highest BCUT2D eigenvalue weighted by Crippen LogP contribution is 2.38. The van der Waals surface area contributed by atoms with Gasteiger partial charge in [0.15, 0.2) is 11.5 Å². The molecule has 0 fully saturated rings. The maximum atomic E-state index is 12.9. The van der Waals surface area contributed by atoms with Gasteiger partial charge in [-0.1, -0.05) is 6.07 Å². The first-order chi connectivity index (χ1) is 15.1. The molecule has 0 unspecified atom stereocenters. The number of benzene rings is 2. The fourth-order valence-electron chi connectivity index (χ4n) is 3.81. The molecule has 1 aliphatic heterocycles. The fraction of sp³-hybridized carbons (Fsp3) is 0.200. The first-order valence-corrected chi connectivity index (χ1v) is 9.97. The topological polar surface area (TPSA) is 60.9 Å². The molecule has 0 saturated heterocycles. The van der Waals surface area contributed by atoms with Crippen LogP contribution in [0, 0.1) is 0 Å². The molecular formula is C25H24N2O4. The van der Waals surface area contributed by atoms with Gasteiger partial charge in [0, 0.05) is 30.7 Å². The summed E-state index contributed by atoms with van der Waals surface area (Å²) in [6.07, 6.45) is 7.74. The Hall–Kier alpha value is -3.80. The Bertz CT molecular complexity index is 1100. The smallest absolute Gasteiger partial charge is 0.251 e. The van der Waals surface area contributed by atoms with Crippen molar-refractivity contribution >= 4 is 17.7 Å². The van der Waals surface area contributed by atoms with Gasteiger partial charge in [0.2, 0.25) is 5.75 Å². The van der Waals surface area contributed by atoms with E-state index in [4.69, 9.17) is 14.2 Å². The van der Waals surface area contributed by atoms with E-state index in [2.05, 4.69) is 11.1 Å². The number of hydrogen-bond acceptors (Lipinski definition) is 5. The lowest BCUT2D eigenvalue weighted by Gasteiger charge is -2.16. The van der Waals surface area contributed by atoms with Gasteiger partial charge < -0.3 is 19.1 Å². The molecule has 2 heterocycles. The van der Waals surface area contributed by atoms with Crippen molar-refractivity contribution in [2.45, 2.75) is 6.42 Å². The van der Waals surface area contributed by atoms with Crippen LogP contribution in [0.5, 0.6) is 17.2 Å². The molecule has 0 saturated carbocycles. The van der Waals surface area contributed by atoms with Gasteiger partial charge in [-0.3, -0.25) is 9.78 Å². The number of methoxy groups -OCH3 is 3. The van der Waals surface area contributed by atoms with Crippen molar-refractivity contribution in [3.8, 4) is 28.4 Å². The van der Waals surface area contributed by atoms with Crippen LogP contribution in [0.15, 0.2) is 60.9 Å². The Morgan fingerprint density at radius 1 is 0.935 bits per heavy atom. The summed E-state index contributed by atoms with van der Waals surface area (Å²) in [7, 11) is 4.69. The Labute approximate surface area is 181 Å². The predicted octanol–water partition coefficient (Wildman–Crippen LogP) is 4.38. The molecule has 0 radical (unpaired) electrons. The van der Waals surface area contributed by atoms with Gasteiger partial charge in [-0.05, 0) is 71.1 Å². The van der Waals surface area contributed by atoms with Crippen LogP contribution in [0.25, 0.3) is 17.2 Å². The van der Waals surface area contributed by atoms with E-state index in [0.29, 0.717) is 23.8 Å². The van der Waals surface area contributed by atoms with Crippen LogP contribution >= 0.6 is 0 Å². The molecule has 1 aliphatic rings. The first kappa shape index (κ1) is 20.5. The quantitative estimate of drug-likeness (QED) is 0.558. The van der Waals surface area contributed by atoms with Gasteiger partial charge in [-0.15, -0.1) is 0 Å². The van der Waals surface area contributed by atoms with E-state index < -0.39 is 0 Å². The second-order valence-electron chi connectivity index (χ2n) is 7.11. The number of fused-ring (bicyclic) bond motifs is 1. The van der Waals surface area contributed by atoms with Crippen LogP contribution in [0.4, 0.5) is 5.69 Å². The molecule has 6 nitrogen and oxygen atoms in total. The minimum Gasteiger partial charge on any atom is -0.493 e. The van der Waals surface area contributed by atoms with Crippen LogP contribution in [0.1, 0.15) is 11.1 Å². The largest absolute Gasteiger partial charge is 0.493 e. The average molecular weight is 416 g/mol. The maximum Gasteiger partial charge on any atom is 0.251 e. The van der Waals surface area contributed by atoms with Crippen molar-refractivity contribution in [3.05, 3.63) is 72.1 Å². The third-order valence-corrected chi connectivity index (χ3v) is 5.36. The van der Waals surface area contributed by atoms with E-state index >= 15 is 0 Å². The number of ether oxygens (including phenoxy) is 3. The van der Waals surface area contributed by atoms with Crippen molar-refractivity contribution in [1.82, 2.24) is 4.98 Å². The summed E-state index contributed by atoms with van der Waals surface area (Å²) < 4.78 is 16.1. The van der Waals surface area contributed by atoms with Crippen LogP contribution in [0.2, 0.25) is 0 Å². The van der Waals surface area contributed by atoms with Crippen LogP contribution in [0.3, 0.4) is 0 Å². The van der Waals surface area contributed by atoms with E-state index in [1.807, 2.05) is 36.4 Å². The number of anilines is 1. The third-order valence-electron chi connectivity index (χ3n) is 5.36. The van der Waals surface area contributed by atoms with E-state index in [1.54, 1.807) is 50.8 Å². The maximum absolute atomic E-state index is 12.9. The molecule has 6 heteroatoms. The number of carbonyl (C=O) groups excluding carboxylic acids is 1. The first-order valence-electron chi connectivity index (χ1n) is 9.97. The lowest BCUT2D eigenvalue weighted by atomic mass is 10.0. The number of nitrogens with zero attached hydrogens (tertiary/aromatic N) is 2. The van der Waals surface area contributed by atoms with Gasteiger partial charge in [-0.25, -0.2) is 0 Å². The highest BCUT2D eigenvalue weighted by Gasteiger charge is 2.23. The predicted molar refractivity (Wildman–Crippen MR) is 121 cm³/mol. The summed E-state index contributed by atoms with van der Waals surface area (Å²) >= 11 is 0. The highest BCUT2D eigenvalue weighted by atomic mass is 16.5. The summed E-state index contributed by atoms with van der Waals surface area (Å²) in [6, 6.07) is 13.8. The van der Waals surface area contributed by atoms with E-state index in [9.17, 15) is 4.79 Å². The molecule has 0 N–H and O–H groups in total. The van der Waals surface area contributed by atoms with Crippen molar-refractivity contribution in [2.75, 3.05) is 32.8 Å². The summed E-state index contributed by atoms with van der Waals surface area (Å²) in [5, 5.41) is 0. The molecule has 31 heavy (non-hydrogen) atoms. The van der Waals surface area contributed by atoms with Gasteiger partial charge in [0.05, 0.1) is 21.3 Å². The highest BCUT2D eigenvalue weighted by molar-refractivity contribution is 6.05. The SMILES string of the molecule is COc1cc(/C=C/C(=O)N2CCc3cc(-c4ccncc4)ccc32)cc(OC)c1OC. The monoisotopic (exact) mass is 416 g/mol. The minimum absolute atomic E-state index is 0.0656. The number of rotatable bonds is 6. The van der Waals surface area contributed by atoms with E-state index in [-0.39, 0.29) is 5.91 Å². The number of pyridine rings is 1. The van der Waals surface area contributed by atoms with Crippen molar-refractivity contribution < 1.29 is 19.0 Å². The van der Waals surface area contributed by atoms with E-state index in [1.165, 1.54) is 5.56 Å². The van der Waals surface area contributed by atoms with Crippen molar-refractivity contribution in [1.29, 1.82) is 0 Å². The zero-order chi connectivity index (χ0) is 21.8. The van der Waals surface area contributed by atoms with Crippen LogP contribution in [-0.2, 0) is 11.2 Å². The van der Waals surface area contributed by atoms with Gasteiger partial charge >= 0.3 is 0 Å². The Morgan fingerprint density at radius 3 is 2.29 bits per heavy atom. The van der Waals surface area contributed by atoms with Gasteiger partial charge in [0.25, 0.3) is 5.91 Å². The molecule has 1 aromatic heterocycles. The second kappa shape index (κ2) is 8.92. The lowest BCUT2D eigenvalue weighted by molar-refractivity contribution is -0.114. The zero-order valence-corrected chi connectivity index (χ0v) is 17.8. The third kappa shape index (κ3) is 4.10. The lowest BCUT2D eigenvalue weighted by Crippen LogP contribution is -2.26. The number of hydrogen-bond donors (Lipinski definition) is 0. The molecule has 3 aromatic rings. The zero-order valence-electron chi connectivity index (χ0n) is 17.8. The number of amides is 1. The molecule has 0 aliphatic carbocycles. The Balaban J connectivity index is 1.55. The second-order valence-corrected chi connectivity index (χ2v) is 7.11. The summed E-state index contributed by atoms with van der Waals surface area (Å²) in [5.41, 5.74) is 5.16. The standard InChI is InChI=1S/C25H24N2O4/c1-29-22-14-17(15-23(30-2)25(22)31-3)4-7-24(28)27-13-10-20-16-19(5-6-21(20)27)18-8-11-26-12-9-18/h4-9,11-12,14-16H,10,13H2,1-3H3/b7-4+. The summed E-state index contributed by atoms with van der Waals surface area (Å²) in [5.74, 6) is 1.55. The number of carbonyl (C=O) groups is 1. The molecule has 0 spiro atoms. The molecule has 158 valence electrons. The molecular weight excluding hydrogens is 392 g/mol.